The van der Waals surface area contributed by atoms with Gasteiger partial charge in [-0.2, -0.15) is 5.10 Å². The van der Waals surface area contributed by atoms with Crippen molar-refractivity contribution in [3.05, 3.63) is 77.9 Å². The molecule has 6 nitrogen and oxygen atoms in total. The second kappa shape index (κ2) is 9.09. The highest BCUT2D eigenvalue weighted by atomic mass is 32.1. The highest BCUT2D eigenvalue weighted by Gasteiger charge is 2.15. The first-order valence-corrected chi connectivity index (χ1v) is 12.8. The summed E-state index contributed by atoms with van der Waals surface area (Å²) in [7, 11) is 0. The lowest BCUT2D eigenvalue weighted by molar-refractivity contribution is -0.116. The van der Waals surface area contributed by atoms with Crippen LogP contribution in [0.5, 0.6) is 0 Å². The molecule has 0 spiro atoms. The average molecular weight is 492 g/mol. The summed E-state index contributed by atoms with van der Waals surface area (Å²) in [5.74, 6) is -0.0000812. The van der Waals surface area contributed by atoms with Gasteiger partial charge >= 0.3 is 0 Å². The largest absolute Gasteiger partial charge is 0.353 e. The number of H-pyrrole nitrogens is 2. The van der Waals surface area contributed by atoms with E-state index in [1.807, 2.05) is 31.3 Å². The number of aromatic nitrogens is 4. The summed E-state index contributed by atoms with van der Waals surface area (Å²) in [6.07, 6.45) is 4.79. The summed E-state index contributed by atoms with van der Waals surface area (Å²) in [6.45, 7) is 4.12. The SMILES string of the molecule is CCCC(=O)Nc1cncc(-c2ccc3[nH]nc(-c4cc5c(-c6ccc(C)s6)cccc5[nH]4)c3c2)c1. The summed E-state index contributed by atoms with van der Waals surface area (Å²) < 4.78 is 0. The molecular weight excluding hydrogens is 466 g/mol. The molecule has 7 heteroatoms. The van der Waals surface area contributed by atoms with Gasteiger partial charge < -0.3 is 10.3 Å². The first-order chi connectivity index (χ1) is 17.6. The van der Waals surface area contributed by atoms with Gasteiger partial charge in [-0.25, -0.2) is 0 Å². The van der Waals surface area contributed by atoms with Crippen molar-refractivity contribution in [3.63, 3.8) is 0 Å². The fourth-order valence-electron chi connectivity index (χ4n) is 4.59. The van der Waals surface area contributed by atoms with Crippen LogP contribution in [0.4, 0.5) is 5.69 Å². The van der Waals surface area contributed by atoms with Crippen LogP contribution in [0.2, 0.25) is 0 Å². The lowest BCUT2D eigenvalue weighted by Gasteiger charge is -2.07. The van der Waals surface area contributed by atoms with Crippen molar-refractivity contribution in [2.24, 2.45) is 0 Å². The summed E-state index contributed by atoms with van der Waals surface area (Å²) in [4.78, 5) is 22.5. The van der Waals surface area contributed by atoms with Crippen molar-refractivity contribution < 1.29 is 4.79 Å². The van der Waals surface area contributed by atoms with E-state index in [1.54, 1.807) is 17.5 Å². The predicted molar refractivity (Wildman–Crippen MR) is 148 cm³/mol. The fourth-order valence-corrected chi connectivity index (χ4v) is 5.50. The summed E-state index contributed by atoms with van der Waals surface area (Å²) in [5, 5.41) is 13.0. The van der Waals surface area contributed by atoms with Crippen LogP contribution in [0.15, 0.2) is 73.1 Å². The number of aromatic amines is 2. The molecule has 0 atom stereocenters. The Morgan fingerprint density at radius 2 is 1.89 bits per heavy atom. The van der Waals surface area contributed by atoms with Crippen molar-refractivity contribution >= 4 is 44.7 Å². The minimum atomic E-state index is -0.0000812. The molecular formula is C29H25N5OS. The van der Waals surface area contributed by atoms with Crippen LogP contribution in [0.1, 0.15) is 24.6 Å². The standard InChI is InChI=1S/C29H25N5OS/c1-3-5-28(35)31-20-12-19(15-30-16-20)18-9-10-25-23(13-18)29(34-33-25)26-14-22-21(6-4-7-24(22)32-26)27-11-8-17(2)36-27/h4,6-16,32H,3,5H2,1-2H3,(H,31,35)(H,33,34). The summed E-state index contributed by atoms with van der Waals surface area (Å²) >= 11 is 1.80. The van der Waals surface area contributed by atoms with Gasteiger partial charge in [-0.1, -0.05) is 25.1 Å². The Hall–Kier alpha value is -4.23. The van der Waals surface area contributed by atoms with E-state index in [9.17, 15) is 4.79 Å². The van der Waals surface area contributed by atoms with E-state index in [0.29, 0.717) is 12.1 Å². The number of rotatable bonds is 6. The van der Waals surface area contributed by atoms with Gasteiger partial charge in [0.25, 0.3) is 0 Å². The Labute approximate surface area is 212 Å². The topological polar surface area (TPSA) is 86.5 Å². The maximum Gasteiger partial charge on any atom is 0.224 e. The molecule has 0 aliphatic rings. The molecule has 0 aliphatic heterocycles. The zero-order chi connectivity index (χ0) is 24.6. The molecule has 0 bridgehead atoms. The zero-order valence-electron chi connectivity index (χ0n) is 20.1. The first-order valence-electron chi connectivity index (χ1n) is 12.0. The van der Waals surface area contributed by atoms with Gasteiger partial charge in [0.15, 0.2) is 0 Å². The summed E-state index contributed by atoms with van der Waals surface area (Å²) in [6, 6.07) is 21.1. The van der Waals surface area contributed by atoms with Gasteiger partial charge in [0.1, 0.15) is 5.69 Å². The molecule has 1 amide bonds. The minimum Gasteiger partial charge on any atom is -0.353 e. The van der Waals surface area contributed by atoms with E-state index in [4.69, 9.17) is 0 Å². The third-order valence-corrected chi connectivity index (χ3v) is 7.35. The van der Waals surface area contributed by atoms with E-state index in [-0.39, 0.29) is 5.91 Å². The van der Waals surface area contributed by atoms with Crippen LogP contribution in [0, 0.1) is 6.92 Å². The third kappa shape index (κ3) is 4.07. The molecule has 2 aromatic carbocycles. The van der Waals surface area contributed by atoms with E-state index in [1.165, 1.54) is 20.7 Å². The number of carbonyl (C=O) groups excluding carboxylic acids is 1. The number of benzene rings is 2. The van der Waals surface area contributed by atoms with Crippen molar-refractivity contribution in [1.82, 2.24) is 20.2 Å². The number of thiophene rings is 1. The molecule has 0 saturated carbocycles. The number of nitrogens with one attached hydrogen (secondary N) is 3. The predicted octanol–water partition coefficient (Wildman–Crippen LogP) is 7.55. The van der Waals surface area contributed by atoms with Crippen LogP contribution in [-0.2, 0) is 4.79 Å². The highest BCUT2D eigenvalue weighted by Crippen LogP contribution is 2.37. The number of hydrogen-bond donors (Lipinski definition) is 3. The Kier molecular flexibility index (Phi) is 5.62. The van der Waals surface area contributed by atoms with Gasteiger partial charge in [0, 0.05) is 49.8 Å². The van der Waals surface area contributed by atoms with E-state index < -0.39 is 0 Å². The smallest absolute Gasteiger partial charge is 0.224 e. The first kappa shape index (κ1) is 22.2. The number of anilines is 1. The molecule has 0 fully saturated rings. The Bertz CT molecular complexity index is 1720. The third-order valence-electron chi connectivity index (χ3n) is 6.32. The molecule has 4 aromatic heterocycles. The number of amides is 1. The van der Waals surface area contributed by atoms with Crippen LogP contribution in [0.3, 0.4) is 0 Å². The number of carbonyl (C=O) groups is 1. The molecule has 36 heavy (non-hydrogen) atoms. The molecule has 4 heterocycles. The molecule has 0 unspecified atom stereocenters. The lowest BCUT2D eigenvalue weighted by atomic mass is 10.0. The molecule has 0 aliphatic carbocycles. The fraction of sp³-hybridized carbons (Fsp3) is 0.138. The minimum absolute atomic E-state index is 0.0000812. The second-order valence-corrected chi connectivity index (χ2v) is 10.2. The van der Waals surface area contributed by atoms with Gasteiger partial charge in [-0.3, -0.25) is 14.9 Å². The van der Waals surface area contributed by atoms with E-state index >= 15 is 0 Å². The lowest BCUT2D eigenvalue weighted by Crippen LogP contribution is -2.10. The van der Waals surface area contributed by atoms with Crippen LogP contribution < -0.4 is 5.32 Å². The molecule has 6 aromatic rings. The maximum atomic E-state index is 12.0. The Morgan fingerprint density at radius 1 is 0.972 bits per heavy atom. The number of fused-ring (bicyclic) bond motifs is 2. The van der Waals surface area contributed by atoms with Crippen LogP contribution >= 0.6 is 11.3 Å². The van der Waals surface area contributed by atoms with Crippen molar-refractivity contribution in [1.29, 1.82) is 0 Å². The number of pyridine rings is 1. The quantitative estimate of drug-likeness (QED) is 0.225. The average Bonchev–Trinajstić information content (AvgIpc) is 3.61. The van der Waals surface area contributed by atoms with Gasteiger partial charge in [0.2, 0.25) is 5.91 Å². The molecule has 3 N–H and O–H groups in total. The van der Waals surface area contributed by atoms with Crippen LogP contribution in [-0.4, -0.2) is 26.1 Å². The van der Waals surface area contributed by atoms with Gasteiger partial charge in [0.05, 0.1) is 23.1 Å². The number of aryl methyl sites for hydroxylation is 1. The van der Waals surface area contributed by atoms with Crippen LogP contribution in [0.25, 0.3) is 54.8 Å². The summed E-state index contributed by atoms with van der Waals surface area (Å²) in [5.41, 5.74) is 7.75. The molecule has 0 saturated heterocycles. The second-order valence-electron chi connectivity index (χ2n) is 8.95. The Balaban J connectivity index is 1.40. The number of nitrogens with zero attached hydrogens (tertiary/aromatic N) is 2. The molecule has 178 valence electrons. The van der Waals surface area contributed by atoms with Gasteiger partial charge in [-0.15, -0.1) is 11.3 Å². The van der Waals surface area contributed by atoms with Gasteiger partial charge in [-0.05, 0) is 61.4 Å². The normalized spacial score (nSPS) is 11.4. The molecule has 6 rings (SSSR count). The Morgan fingerprint density at radius 3 is 2.72 bits per heavy atom. The van der Waals surface area contributed by atoms with E-state index in [2.05, 4.69) is 74.9 Å². The van der Waals surface area contributed by atoms with Crippen molar-refractivity contribution in [3.8, 4) is 33.0 Å². The zero-order valence-corrected chi connectivity index (χ0v) is 20.9. The van der Waals surface area contributed by atoms with Crippen molar-refractivity contribution in [2.45, 2.75) is 26.7 Å². The molecule has 0 radical (unpaired) electrons. The number of hydrogen-bond acceptors (Lipinski definition) is 4. The highest BCUT2D eigenvalue weighted by molar-refractivity contribution is 7.15. The monoisotopic (exact) mass is 491 g/mol. The maximum absolute atomic E-state index is 12.0. The van der Waals surface area contributed by atoms with E-state index in [0.717, 1.165) is 45.4 Å². The van der Waals surface area contributed by atoms with Crippen molar-refractivity contribution in [2.75, 3.05) is 5.32 Å².